The van der Waals surface area contributed by atoms with E-state index in [9.17, 15) is 32.7 Å². The Balaban J connectivity index is 1.61. The third-order valence-corrected chi connectivity index (χ3v) is 6.77. The fourth-order valence-corrected chi connectivity index (χ4v) is 5.35. The fourth-order valence-electron chi connectivity index (χ4n) is 5.35. The van der Waals surface area contributed by atoms with Crippen LogP contribution in [-0.4, -0.2) is 39.5 Å². The summed E-state index contributed by atoms with van der Waals surface area (Å²) in [5.41, 5.74) is -4.15. The Bertz CT molecular complexity index is 1250. The van der Waals surface area contributed by atoms with Crippen molar-refractivity contribution in [1.29, 1.82) is 0 Å². The molecular weight excluding hydrogens is 446 g/mol. The summed E-state index contributed by atoms with van der Waals surface area (Å²) in [6.07, 6.45) is 0.0257. The van der Waals surface area contributed by atoms with E-state index < -0.39 is 69.8 Å². The van der Waals surface area contributed by atoms with Crippen LogP contribution in [0.3, 0.4) is 0 Å². The van der Waals surface area contributed by atoms with Crippen molar-refractivity contribution < 1.29 is 32.3 Å². The molecular formula is C22H19F4N3O4. The van der Waals surface area contributed by atoms with Gasteiger partial charge in [0.25, 0.3) is 11.8 Å². The Labute approximate surface area is 184 Å². The number of carbonyl (C=O) groups is 2. The number of nitrogens with one attached hydrogen (secondary N) is 1. The molecule has 2 amide bonds. The van der Waals surface area contributed by atoms with E-state index in [1.165, 1.54) is 9.47 Å². The number of halogens is 4. The standard InChI is InChI=1S/C22H19F4N3O4/c23-10-5-12(24)11(13(25)6-10)8-27-20(32)15-16-14(26)7-22-3-1-2-4-28(9-22)21(33)17(29(16)22)19(31)18(15)30/h5-6,14,31H,1-4,7-9H2,(H,27,32)/t14?,22-/m1/s1. The van der Waals surface area contributed by atoms with Gasteiger partial charge in [-0.05, 0) is 19.3 Å². The predicted octanol–water partition coefficient (Wildman–Crippen LogP) is 2.65. The van der Waals surface area contributed by atoms with Gasteiger partial charge in [0.2, 0.25) is 5.43 Å². The number of pyridine rings is 1. The Morgan fingerprint density at radius 2 is 1.88 bits per heavy atom. The van der Waals surface area contributed by atoms with Crippen LogP contribution < -0.4 is 10.7 Å². The van der Waals surface area contributed by atoms with Gasteiger partial charge in [0.1, 0.15) is 29.2 Å². The van der Waals surface area contributed by atoms with Gasteiger partial charge in [-0.25, -0.2) is 17.6 Å². The Morgan fingerprint density at radius 3 is 2.58 bits per heavy atom. The molecule has 2 atom stereocenters. The van der Waals surface area contributed by atoms with Crippen LogP contribution in [0.2, 0.25) is 0 Å². The highest BCUT2D eigenvalue weighted by molar-refractivity contribution is 6.00. The van der Waals surface area contributed by atoms with Crippen molar-refractivity contribution in [3.05, 3.63) is 62.3 Å². The number of fused-ring (bicyclic) bond motifs is 1. The zero-order valence-electron chi connectivity index (χ0n) is 17.3. The van der Waals surface area contributed by atoms with Crippen molar-refractivity contribution in [3.8, 4) is 5.75 Å². The molecule has 5 rings (SSSR count). The quantitative estimate of drug-likeness (QED) is 0.682. The van der Waals surface area contributed by atoms with E-state index in [2.05, 4.69) is 5.32 Å². The molecule has 3 aliphatic rings. The fraction of sp³-hybridized carbons (Fsp3) is 0.409. The molecule has 1 spiro atoms. The lowest BCUT2D eigenvalue weighted by Crippen LogP contribution is -2.52. The average molecular weight is 465 g/mol. The summed E-state index contributed by atoms with van der Waals surface area (Å²) in [4.78, 5) is 40.3. The smallest absolute Gasteiger partial charge is 0.274 e. The second kappa shape index (κ2) is 7.32. The molecule has 1 aromatic carbocycles. The number of carbonyl (C=O) groups excluding carboxylic acids is 2. The van der Waals surface area contributed by atoms with E-state index in [-0.39, 0.29) is 24.4 Å². The van der Waals surface area contributed by atoms with Crippen LogP contribution in [0.25, 0.3) is 0 Å². The Hall–Kier alpha value is -3.37. The molecule has 0 saturated carbocycles. The minimum atomic E-state index is -1.76. The van der Waals surface area contributed by atoms with E-state index in [4.69, 9.17) is 0 Å². The van der Waals surface area contributed by atoms with Crippen molar-refractivity contribution in [2.45, 2.75) is 43.9 Å². The highest BCUT2D eigenvalue weighted by Gasteiger charge is 2.54. The zero-order chi connectivity index (χ0) is 23.7. The van der Waals surface area contributed by atoms with Crippen LogP contribution in [0, 0.1) is 17.5 Å². The second-order valence-electron chi connectivity index (χ2n) is 8.73. The summed E-state index contributed by atoms with van der Waals surface area (Å²) < 4.78 is 57.6. The Kier molecular flexibility index (Phi) is 4.77. The van der Waals surface area contributed by atoms with Crippen LogP contribution in [0.1, 0.15) is 64.0 Å². The van der Waals surface area contributed by atoms with Crippen molar-refractivity contribution >= 4 is 11.8 Å². The number of hydrogen-bond donors (Lipinski definition) is 2. The summed E-state index contributed by atoms with van der Waals surface area (Å²) in [5.74, 6) is -6.36. The maximum absolute atomic E-state index is 15.4. The first-order valence-electron chi connectivity index (χ1n) is 10.5. The summed E-state index contributed by atoms with van der Waals surface area (Å²) in [6.45, 7) is -0.133. The number of nitrogens with zero attached hydrogens (tertiary/aromatic N) is 2. The van der Waals surface area contributed by atoms with Gasteiger partial charge >= 0.3 is 0 Å². The van der Waals surface area contributed by atoms with E-state index in [1.807, 2.05) is 0 Å². The molecule has 33 heavy (non-hydrogen) atoms. The minimum absolute atomic E-state index is 0.0752. The molecule has 7 nitrogen and oxygen atoms in total. The number of hydrogen-bond acceptors (Lipinski definition) is 4. The number of aromatic nitrogens is 1. The summed E-state index contributed by atoms with van der Waals surface area (Å²) >= 11 is 0. The molecule has 4 heterocycles. The molecule has 3 aliphatic heterocycles. The van der Waals surface area contributed by atoms with Gasteiger partial charge in [0.05, 0.1) is 11.2 Å². The average Bonchev–Trinajstić information content (AvgIpc) is 2.90. The van der Waals surface area contributed by atoms with Gasteiger partial charge in [-0.1, -0.05) is 0 Å². The number of aromatic hydroxyl groups is 1. The predicted molar refractivity (Wildman–Crippen MR) is 106 cm³/mol. The van der Waals surface area contributed by atoms with Crippen LogP contribution in [0.4, 0.5) is 17.6 Å². The third-order valence-electron chi connectivity index (χ3n) is 6.77. The second-order valence-corrected chi connectivity index (χ2v) is 8.73. The lowest BCUT2D eigenvalue weighted by Gasteiger charge is -2.41. The van der Waals surface area contributed by atoms with E-state index in [0.717, 1.165) is 0 Å². The molecule has 0 radical (unpaired) electrons. The van der Waals surface area contributed by atoms with Crippen LogP contribution >= 0.6 is 0 Å². The van der Waals surface area contributed by atoms with E-state index in [1.54, 1.807) is 0 Å². The third kappa shape index (κ3) is 3.05. The minimum Gasteiger partial charge on any atom is -0.503 e. The van der Waals surface area contributed by atoms with Crippen LogP contribution in [0.15, 0.2) is 16.9 Å². The lowest BCUT2D eigenvalue weighted by molar-refractivity contribution is 0.0571. The van der Waals surface area contributed by atoms with Crippen molar-refractivity contribution in [1.82, 2.24) is 14.8 Å². The monoisotopic (exact) mass is 465 g/mol. The highest BCUT2D eigenvalue weighted by atomic mass is 19.1. The topological polar surface area (TPSA) is 91.6 Å². The number of amides is 2. The summed E-state index contributed by atoms with van der Waals surface area (Å²) in [7, 11) is 0. The molecule has 11 heteroatoms. The molecule has 2 N–H and O–H groups in total. The van der Waals surface area contributed by atoms with Crippen molar-refractivity contribution in [2.75, 3.05) is 13.1 Å². The number of rotatable bonds is 3. The van der Waals surface area contributed by atoms with Gasteiger partial charge in [0, 0.05) is 43.8 Å². The number of alkyl halides is 1. The molecule has 1 aromatic heterocycles. The highest BCUT2D eigenvalue weighted by Crippen LogP contribution is 2.50. The number of benzene rings is 1. The summed E-state index contributed by atoms with van der Waals surface area (Å²) in [6, 6.07) is 0.878. The molecule has 2 bridgehead atoms. The summed E-state index contributed by atoms with van der Waals surface area (Å²) in [5, 5.41) is 12.8. The SMILES string of the molecule is O=C(NCc1c(F)cc(F)cc1F)c1c2n3c(c(O)c1=O)C(=O)N1CCCC[C@@]3(CC2F)C1. The van der Waals surface area contributed by atoms with Gasteiger partial charge in [-0.15, -0.1) is 0 Å². The molecule has 174 valence electrons. The largest absolute Gasteiger partial charge is 0.503 e. The maximum Gasteiger partial charge on any atom is 0.274 e. The lowest BCUT2D eigenvalue weighted by atomic mass is 9.88. The van der Waals surface area contributed by atoms with Gasteiger partial charge < -0.3 is 19.9 Å². The molecule has 1 saturated heterocycles. The zero-order valence-corrected chi connectivity index (χ0v) is 17.3. The van der Waals surface area contributed by atoms with Crippen molar-refractivity contribution in [3.63, 3.8) is 0 Å². The molecule has 1 unspecified atom stereocenters. The molecule has 1 fully saturated rings. The first-order chi connectivity index (χ1) is 15.6. The van der Waals surface area contributed by atoms with E-state index >= 15 is 4.39 Å². The van der Waals surface area contributed by atoms with Crippen LogP contribution in [-0.2, 0) is 12.1 Å². The van der Waals surface area contributed by atoms with Gasteiger partial charge in [-0.2, -0.15) is 0 Å². The van der Waals surface area contributed by atoms with Crippen molar-refractivity contribution in [2.24, 2.45) is 0 Å². The van der Waals surface area contributed by atoms with E-state index in [0.29, 0.717) is 37.9 Å². The molecule has 2 aromatic rings. The normalized spacial score (nSPS) is 23.3. The first kappa shape index (κ1) is 21.5. The maximum atomic E-state index is 15.4. The first-order valence-corrected chi connectivity index (χ1v) is 10.5. The van der Waals surface area contributed by atoms with Crippen LogP contribution in [0.5, 0.6) is 5.75 Å². The van der Waals surface area contributed by atoms with Gasteiger partial charge in [0.15, 0.2) is 11.4 Å². The molecule has 0 aliphatic carbocycles. The Morgan fingerprint density at radius 1 is 1.18 bits per heavy atom. The van der Waals surface area contributed by atoms with Gasteiger partial charge in [-0.3, -0.25) is 14.4 Å².